The van der Waals surface area contributed by atoms with Crippen molar-refractivity contribution >= 4 is 17.6 Å². The molecule has 1 aliphatic rings. The molecule has 7 nitrogen and oxygen atoms in total. The zero-order chi connectivity index (χ0) is 20.1. The van der Waals surface area contributed by atoms with Crippen molar-refractivity contribution in [3.8, 4) is 17.2 Å². The predicted molar refractivity (Wildman–Crippen MR) is 103 cm³/mol. The van der Waals surface area contributed by atoms with Crippen LogP contribution in [0.5, 0.6) is 17.2 Å². The summed E-state index contributed by atoms with van der Waals surface area (Å²) in [5, 5.41) is 2.69. The number of hydrogen-bond donors (Lipinski definition) is 1. The number of amides is 1. The largest absolute Gasteiger partial charge is 0.486 e. The molecule has 0 aromatic heterocycles. The molecule has 1 atom stereocenters. The number of rotatable bonds is 6. The fourth-order valence-electron chi connectivity index (χ4n) is 2.60. The standard InChI is InChI=1S/C21H23NO6/c1-13-4-6-17(10-14(13)2)27-12-20(23)28-15(3)21(24)22-16-5-7-18-19(11-16)26-9-8-25-18/h4-7,10-11,15H,8-9,12H2,1-3H3,(H,22,24). The Morgan fingerprint density at radius 2 is 1.79 bits per heavy atom. The summed E-state index contributed by atoms with van der Waals surface area (Å²) in [7, 11) is 0. The van der Waals surface area contributed by atoms with Gasteiger partial charge in [0.05, 0.1) is 0 Å². The van der Waals surface area contributed by atoms with Crippen LogP contribution in [0.3, 0.4) is 0 Å². The summed E-state index contributed by atoms with van der Waals surface area (Å²) in [5.41, 5.74) is 2.74. The van der Waals surface area contributed by atoms with Gasteiger partial charge in [0.15, 0.2) is 24.2 Å². The van der Waals surface area contributed by atoms with Gasteiger partial charge in [-0.05, 0) is 56.2 Å². The minimum absolute atomic E-state index is 0.274. The number of esters is 1. The molecule has 0 radical (unpaired) electrons. The van der Waals surface area contributed by atoms with Crippen LogP contribution >= 0.6 is 0 Å². The van der Waals surface area contributed by atoms with Gasteiger partial charge in [0.1, 0.15) is 19.0 Å². The first-order valence-electron chi connectivity index (χ1n) is 9.02. The second-order valence-electron chi connectivity index (χ2n) is 6.51. The fraction of sp³-hybridized carbons (Fsp3) is 0.333. The molecule has 0 aliphatic carbocycles. The molecule has 0 saturated carbocycles. The first-order valence-corrected chi connectivity index (χ1v) is 9.02. The minimum Gasteiger partial charge on any atom is -0.486 e. The Labute approximate surface area is 163 Å². The predicted octanol–water partition coefficient (Wildman–Crippen LogP) is 3.02. The second-order valence-corrected chi connectivity index (χ2v) is 6.51. The van der Waals surface area contributed by atoms with Gasteiger partial charge in [0.2, 0.25) is 0 Å². The molecule has 0 spiro atoms. The molecule has 2 aromatic rings. The Balaban J connectivity index is 1.49. The number of hydrogen-bond acceptors (Lipinski definition) is 6. The number of nitrogens with one attached hydrogen (secondary N) is 1. The van der Waals surface area contributed by atoms with Crippen LogP contribution in [0.25, 0.3) is 0 Å². The van der Waals surface area contributed by atoms with Crippen molar-refractivity contribution < 1.29 is 28.5 Å². The van der Waals surface area contributed by atoms with E-state index in [2.05, 4.69) is 5.32 Å². The first-order chi connectivity index (χ1) is 13.4. The van der Waals surface area contributed by atoms with E-state index in [9.17, 15) is 9.59 Å². The third kappa shape index (κ3) is 4.94. The highest BCUT2D eigenvalue weighted by Crippen LogP contribution is 2.32. The van der Waals surface area contributed by atoms with Crippen LogP contribution in [0.15, 0.2) is 36.4 Å². The molecule has 7 heteroatoms. The van der Waals surface area contributed by atoms with Crippen molar-refractivity contribution in [3.05, 3.63) is 47.5 Å². The Kier molecular flexibility index (Phi) is 6.03. The maximum absolute atomic E-state index is 12.3. The summed E-state index contributed by atoms with van der Waals surface area (Å²) >= 11 is 0. The van der Waals surface area contributed by atoms with Gasteiger partial charge in [-0.3, -0.25) is 4.79 Å². The van der Waals surface area contributed by atoms with Gasteiger partial charge < -0.3 is 24.3 Å². The molecule has 1 heterocycles. The van der Waals surface area contributed by atoms with Crippen LogP contribution in [0.4, 0.5) is 5.69 Å². The molecule has 0 saturated heterocycles. The van der Waals surface area contributed by atoms with Gasteiger partial charge in [0.25, 0.3) is 5.91 Å². The van der Waals surface area contributed by atoms with Gasteiger partial charge in [-0.25, -0.2) is 4.79 Å². The quantitative estimate of drug-likeness (QED) is 0.770. The molecular formula is C21H23NO6. The number of aryl methyl sites for hydroxylation is 2. The van der Waals surface area contributed by atoms with Crippen molar-refractivity contribution in [2.75, 3.05) is 25.1 Å². The van der Waals surface area contributed by atoms with Gasteiger partial charge >= 0.3 is 5.97 Å². The Bertz CT molecular complexity index is 879. The van der Waals surface area contributed by atoms with Gasteiger partial charge in [-0.15, -0.1) is 0 Å². The van der Waals surface area contributed by atoms with E-state index in [1.807, 2.05) is 26.0 Å². The van der Waals surface area contributed by atoms with E-state index in [0.29, 0.717) is 36.1 Å². The highest BCUT2D eigenvalue weighted by atomic mass is 16.6. The number of anilines is 1. The summed E-state index contributed by atoms with van der Waals surface area (Å²) in [6, 6.07) is 10.6. The SMILES string of the molecule is Cc1ccc(OCC(=O)OC(C)C(=O)Nc2ccc3c(c2)OCCO3)cc1C. The lowest BCUT2D eigenvalue weighted by atomic mass is 10.1. The van der Waals surface area contributed by atoms with E-state index < -0.39 is 18.0 Å². The first kappa shape index (κ1) is 19.5. The summed E-state index contributed by atoms with van der Waals surface area (Å²) in [6.45, 7) is 6.14. The third-order valence-corrected chi connectivity index (χ3v) is 4.32. The van der Waals surface area contributed by atoms with Crippen molar-refractivity contribution in [3.63, 3.8) is 0 Å². The van der Waals surface area contributed by atoms with Crippen molar-refractivity contribution in [2.24, 2.45) is 0 Å². The molecule has 1 N–H and O–H groups in total. The number of ether oxygens (including phenoxy) is 4. The van der Waals surface area contributed by atoms with Crippen molar-refractivity contribution in [1.29, 1.82) is 0 Å². The topological polar surface area (TPSA) is 83.1 Å². The second kappa shape index (κ2) is 8.65. The Morgan fingerprint density at radius 3 is 2.54 bits per heavy atom. The van der Waals surface area contributed by atoms with E-state index >= 15 is 0 Å². The van der Waals surface area contributed by atoms with E-state index in [4.69, 9.17) is 18.9 Å². The summed E-state index contributed by atoms with van der Waals surface area (Å²) in [4.78, 5) is 24.2. The lowest BCUT2D eigenvalue weighted by Gasteiger charge is -2.19. The molecule has 148 valence electrons. The average Bonchev–Trinajstić information content (AvgIpc) is 2.68. The zero-order valence-electron chi connectivity index (χ0n) is 16.1. The zero-order valence-corrected chi connectivity index (χ0v) is 16.1. The van der Waals surface area contributed by atoms with Gasteiger partial charge in [-0.2, -0.15) is 0 Å². The van der Waals surface area contributed by atoms with Crippen LogP contribution in [0.1, 0.15) is 18.1 Å². The maximum atomic E-state index is 12.3. The minimum atomic E-state index is -0.968. The van der Waals surface area contributed by atoms with Gasteiger partial charge in [-0.1, -0.05) is 6.07 Å². The highest BCUT2D eigenvalue weighted by molar-refractivity contribution is 5.95. The lowest BCUT2D eigenvalue weighted by molar-refractivity contribution is -0.155. The van der Waals surface area contributed by atoms with Crippen molar-refractivity contribution in [2.45, 2.75) is 26.9 Å². The number of benzene rings is 2. The average molecular weight is 385 g/mol. The van der Waals surface area contributed by atoms with Crippen LogP contribution in [0.2, 0.25) is 0 Å². The highest BCUT2D eigenvalue weighted by Gasteiger charge is 2.19. The summed E-state index contributed by atoms with van der Waals surface area (Å²) in [5.74, 6) is 0.704. The van der Waals surface area contributed by atoms with Crippen LogP contribution in [-0.2, 0) is 14.3 Å². The van der Waals surface area contributed by atoms with E-state index in [1.165, 1.54) is 6.92 Å². The molecule has 1 unspecified atom stereocenters. The summed E-state index contributed by atoms with van der Waals surface area (Å²) in [6.07, 6.45) is -0.968. The molecule has 3 rings (SSSR count). The van der Waals surface area contributed by atoms with E-state index in [1.54, 1.807) is 24.3 Å². The lowest BCUT2D eigenvalue weighted by Crippen LogP contribution is -2.31. The van der Waals surface area contributed by atoms with Crippen molar-refractivity contribution in [1.82, 2.24) is 0 Å². The van der Waals surface area contributed by atoms with E-state index in [-0.39, 0.29) is 6.61 Å². The number of fused-ring (bicyclic) bond motifs is 1. The smallest absolute Gasteiger partial charge is 0.344 e. The molecule has 0 fully saturated rings. The van der Waals surface area contributed by atoms with E-state index in [0.717, 1.165) is 11.1 Å². The third-order valence-electron chi connectivity index (χ3n) is 4.32. The Morgan fingerprint density at radius 1 is 1.04 bits per heavy atom. The number of carbonyl (C=O) groups excluding carboxylic acids is 2. The molecule has 2 aromatic carbocycles. The molecule has 1 aliphatic heterocycles. The monoisotopic (exact) mass is 385 g/mol. The number of carbonyl (C=O) groups is 2. The molecule has 1 amide bonds. The molecule has 28 heavy (non-hydrogen) atoms. The fourth-order valence-corrected chi connectivity index (χ4v) is 2.60. The van der Waals surface area contributed by atoms with Crippen LogP contribution < -0.4 is 19.5 Å². The Hall–Kier alpha value is -3.22. The normalized spacial score (nSPS) is 13.4. The molecular weight excluding hydrogens is 362 g/mol. The molecule has 0 bridgehead atoms. The van der Waals surface area contributed by atoms with Crippen LogP contribution in [-0.4, -0.2) is 37.8 Å². The summed E-state index contributed by atoms with van der Waals surface area (Å²) < 4.78 is 21.5. The van der Waals surface area contributed by atoms with Gasteiger partial charge in [0, 0.05) is 11.8 Å². The van der Waals surface area contributed by atoms with Crippen LogP contribution in [0, 0.1) is 13.8 Å². The maximum Gasteiger partial charge on any atom is 0.344 e.